The van der Waals surface area contributed by atoms with Crippen LogP contribution in [0.25, 0.3) is 75.5 Å². The van der Waals surface area contributed by atoms with Gasteiger partial charge in [0.05, 0.1) is 46.3 Å². The fourth-order valence-electron chi connectivity index (χ4n) is 11.4. The second-order valence-electron chi connectivity index (χ2n) is 18.9. The predicted octanol–water partition coefficient (Wildman–Crippen LogP) is 12.3. The number of rotatable bonds is 6. The van der Waals surface area contributed by atoms with Crippen molar-refractivity contribution in [2.45, 2.75) is 0 Å². The molecule has 16 rings (SSSR count). The highest BCUT2D eigenvalue weighted by Gasteiger charge is 2.45. The molecule has 0 amide bonds. The van der Waals surface area contributed by atoms with E-state index >= 15 is 0 Å². The highest BCUT2D eigenvalue weighted by Crippen LogP contribution is 2.48. The van der Waals surface area contributed by atoms with E-state index in [4.69, 9.17) is 28.8 Å². The van der Waals surface area contributed by atoms with Crippen LogP contribution in [0.2, 0.25) is 0 Å². The molecule has 6 aromatic heterocycles. The summed E-state index contributed by atoms with van der Waals surface area (Å²) in [6.07, 6.45) is 5.83. The van der Waals surface area contributed by atoms with Gasteiger partial charge in [0, 0.05) is 57.6 Å². The number of furan rings is 2. The van der Waals surface area contributed by atoms with Crippen molar-refractivity contribution < 1.29 is 8.83 Å². The molecule has 74 heavy (non-hydrogen) atoms. The smallest absolute Gasteiger partial charge is 0.305 e. The van der Waals surface area contributed by atoms with Crippen molar-refractivity contribution in [3.8, 4) is 22.5 Å². The summed E-state index contributed by atoms with van der Waals surface area (Å²) in [7, 11) is 0. The molecule has 344 valence electrons. The number of para-hydroxylation sites is 3. The van der Waals surface area contributed by atoms with Crippen molar-refractivity contribution in [2.24, 2.45) is 0 Å². The van der Waals surface area contributed by atoms with Crippen molar-refractivity contribution >= 4 is 155 Å². The van der Waals surface area contributed by atoms with Crippen molar-refractivity contribution in [3.63, 3.8) is 0 Å². The van der Waals surface area contributed by atoms with Crippen molar-refractivity contribution in [1.82, 2.24) is 19.9 Å². The molecule has 8 heterocycles. The highest BCUT2D eigenvalue weighted by molar-refractivity contribution is 7.34. The van der Waals surface area contributed by atoms with Gasteiger partial charge in [0.15, 0.2) is 5.82 Å². The molecule has 12 heteroatoms. The Kier molecular flexibility index (Phi) is 9.10. The van der Waals surface area contributed by atoms with E-state index in [9.17, 15) is 0 Å². The highest BCUT2D eigenvalue weighted by atomic mass is 32.1. The first-order valence-electron chi connectivity index (χ1n) is 24.7. The third-order valence-corrected chi connectivity index (χ3v) is 17.2. The Labute approximate surface area is 432 Å². The van der Waals surface area contributed by atoms with Gasteiger partial charge in [-0.15, -0.1) is 22.7 Å². The van der Waals surface area contributed by atoms with Crippen LogP contribution in [0.5, 0.6) is 0 Å². The van der Waals surface area contributed by atoms with Crippen molar-refractivity contribution in [1.29, 1.82) is 0 Å². The molecule has 0 saturated heterocycles. The van der Waals surface area contributed by atoms with Gasteiger partial charge < -0.3 is 13.7 Å². The van der Waals surface area contributed by atoms with Gasteiger partial charge in [0.1, 0.15) is 22.5 Å². The van der Waals surface area contributed by atoms with Crippen molar-refractivity contribution in [3.05, 3.63) is 219 Å². The first-order valence-corrected chi connectivity index (χ1v) is 26.3. The summed E-state index contributed by atoms with van der Waals surface area (Å²) in [6, 6.07) is 70.3. The summed E-state index contributed by atoms with van der Waals surface area (Å²) in [5, 5.41) is 5.43. The quantitative estimate of drug-likeness (QED) is 0.152. The monoisotopic (exact) mass is 982 g/mol. The minimum atomic E-state index is -0.155. The van der Waals surface area contributed by atoms with Gasteiger partial charge in [-0.1, -0.05) is 169 Å². The average molecular weight is 983 g/mol. The topological polar surface area (TPSA) is 84.3 Å². The third-order valence-electron chi connectivity index (χ3n) is 14.8. The van der Waals surface area contributed by atoms with E-state index in [0.29, 0.717) is 11.8 Å². The number of anilines is 6. The van der Waals surface area contributed by atoms with E-state index in [1.165, 1.54) is 29.8 Å². The van der Waals surface area contributed by atoms with E-state index in [2.05, 4.69) is 180 Å². The Balaban J connectivity index is 0.746. The van der Waals surface area contributed by atoms with Crippen LogP contribution >= 0.6 is 22.7 Å². The second-order valence-corrected chi connectivity index (χ2v) is 21.1. The molecule has 0 saturated carbocycles. The molecule has 0 fully saturated rings. The number of hydrogen-bond acceptors (Lipinski definition) is 10. The number of nitrogens with zero attached hydrogens (tertiary/aromatic N) is 6. The van der Waals surface area contributed by atoms with Crippen LogP contribution in [-0.2, 0) is 0 Å². The lowest BCUT2D eigenvalue weighted by atomic mass is 9.40. The minimum absolute atomic E-state index is 0.0636. The molecule has 2 aliphatic heterocycles. The lowest BCUT2D eigenvalue weighted by Gasteiger charge is -2.32. The van der Waals surface area contributed by atoms with Crippen LogP contribution in [-0.4, -0.2) is 33.4 Å². The standard InChI is InChI=1S/C62H36B2N6O2S2/c1-2-15-41(16-3-1)63-57-53(44-17-5-10-22-49(44)71-57)69(55-46-19-7-12-24-51(46)73-59(55)63)43-35-65-61(66-36-43)39-28-26-37(27-29-39)38-30-32-42(33-31-38)64-58-54(45-18-6-11-23-50(45)72-58)70(56-47-20-8-13-25-52(47)74-60(56)64)62-67-34-40-14-4-9-21-48(40)68-62/h1-36H. The molecule has 0 unspecified atom stereocenters. The third kappa shape index (κ3) is 6.22. The Hall–Kier alpha value is -9.09. The Morgan fingerprint density at radius 3 is 1.51 bits per heavy atom. The maximum absolute atomic E-state index is 6.93. The van der Waals surface area contributed by atoms with Gasteiger partial charge in [-0.2, -0.15) is 0 Å². The number of thiophene rings is 2. The van der Waals surface area contributed by atoms with E-state index in [1.807, 2.05) is 60.3 Å². The molecule has 0 N–H and O–H groups in total. The lowest BCUT2D eigenvalue weighted by molar-refractivity contribution is 0.651. The van der Waals surface area contributed by atoms with E-state index in [-0.39, 0.29) is 13.4 Å². The van der Waals surface area contributed by atoms with E-state index in [0.717, 1.165) is 100 Å². The molecule has 0 atom stereocenters. The maximum Gasteiger partial charge on any atom is 0.305 e. The Bertz CT molecular complexity index is 4370. The van der Waals surface area contributed by atoms with Gasteiger partial charge in [0.2, 0.25) is 5.95 Å². The Morgan fingerprint density at radius 2 is 0.878 bits per heavy atom. The maximum atomic E-state index is 6.93. The molecular weight excluding hydrogens is 946 g/mol. The molecule has 0 spiro atoms. The zero-order chi connectivity index (χ0) is 48.4. The SMILES string of the molecule is c1ccc(B2c3oc4ccccc4c3N(c3cnc(-c4ccc(-c5ccc(B6c7oc8ccccc8c7N(c7ncc8ccccc8n7)c7c6sc6ccccc76)cc5)cc4)nc3)c3c2sc2ccccc32)cc1. The van der Waals surface area contributed by atoms with Crippen LogP contribution in [0.3, 0.4) is 0 Å². The first kappa shape index (κ1) is 41.5. The van der Waals surface area contributed by atoms with Gasteiger partial charge in [-0.25, -0.2) is 19.9 Å². The van der Waals surface area contributed by atoms with Crippen LogP contribution in [0, 0.1) is 0 Å². The molecule has 2 aliphatic rings. The van der Waals surface area contributed by atoms with Gasteiger partial charge in [-0.3, -0.25) is 4.90 Å². The number of hydrogen-bond donors (Lipinski definition) is 0. The molecule has 0 aliphatic carbocycles. The first-order chi connectivity index (χ1) is 36.7. The predicted molar refractivity (Wildman–Crippen MR) is 308 cm³/mol. The summed E-state index contributed by atoms with van der Waals surface area (Å²) in [5.74, 6) is 1.27. The molecule has 0 bridgehead atoms. The van der Waals surface area contributed by atoms with E-state index < -0.39 is 0 Å². The summed E-state index contributed by atoms with van der Waals surface area (Å²) in [6.45, 7) is -0.219. The normalized spacial score (nSPS) is 13.0. The molecule has 0 radical (unpaired) electrons. The molecule has 14 aromatic rings. The van der Waals surface area contributed by atoms with Crippen LogP contribution in [0.4, 0.5) is 34.4 Å². The molecule has 8 aromatic carbocycles. The van der Waals surface area contributed by atoms with Gasteiger partial charge >= 0.3 is 13.4 Å². The fraction of sp³-hybridized carbons (Fsp3) is 0. The molecular formula is C62H36B2N6O2S2. The summed E-state index contributed by atoms with van der Waals surface area (Å²) >= 11 is 3.63. The Morgan fingerprint density at radius 1 is 0.392 bits per heavy atom. The summed E-state index contributed by atoms with van der Waals surface area (Å²) in [5.41, 5.74) is 15.0. The summed E-state index contributed by atoms with van der Waals surface area (Å²) in [4.78, 5) is 24.8. The zero-order valence-corrected chi connectivity index (χ0v) is 40.9. The minimum Gasteiger partial charge on any atom is -0.468 e. The van der Waals surface area contributed by atoms with Crippen LogP contribution in [0.1, 0.15) is 0 Å². The van der Waals surface area contributed by atoms with Gasteiger partial charge in [0.25, 0.3) is 0 Å². The molecule has 8 nitrogen and oxygen atoms in total. The largest absolute Gasteiger partial charge is 0.468 e. The summed E-state index contributed by atoms with van der Waals surface area (Å²) < 4.78 is 18.6. The van der Waals surface area contributed by atoms with Crippen molar-refractivity contribution in [2.75, 3.05) is 9.80 Å². The van der Waals surface area contributed by atoms with E-state index in [1.54, 1.807) is 11.3 Å². The van der Waals surface area contributed by atoms with Crippen LogP contribution < -0.4 is 41.6 Å². The second kappa shape index (κ2) is 16.2. The average Bonchev–Trinajstić information content (AvgIpc) is 4.33. The lowest BCUT2D eigenvalue weighted by Crippen LogP contribution is -2.55. The van der Waals surface area contributed by atoms with Crippen LogP contribution in [0.15, 0.2) is 228 Å². The fourth-order valence-corrected chi connectivity index (χ4v) is 14.0. The zero-order valence-electron chi connectivity index (χ0n) is 39.3. The number of fused-ring (bicyclic) bond motifs is 13. The number of aromatic nitrogens is 4. The van der Waals surface area contributed by atoms with Gasteiger partial charge in [-0.05, 0) is 53.6 Å². The number of benzene rings is 8.